The molecule has 148 valence electrons. The maximum atomic E-state index is 3.54. The summed E-state index contributed by atoms with van der Waals surface area (Å²) in [5.41, 5.74) is 6.36. The average molecular weight is 382 g/mol. The molecule has 3 rings (SSSR count). The van der Waals surface area contributed by atoms with Crippen molar-refractivity contribution in [1.82, 2.24) is 0 Å². The van der Waals surface area contributed by atoms with Gasteiger partial charge >= 0.3 is 0 Å². The third-order valence-corrected chi connectivity index (χ3v) is 5.36. The molecule has 0 atom stereocenters. The highest BCUT2D eigenvalue weighted by atomic mass is 14.9. The van der Waals surface area contributed by atoms with Crippen molar-refractivity contribution in [3.05, 3.63) is 114 Å². The molecule has 0 aliphatic rings. The highest BCUT2D eigenvalue weighted by Crippen LogP contribution is 2.24. The molecule has 0 saturated carbocycles. The van der Waals surface area contributed by atoms with Gasteiger partial charge < -0.3 is 5.32 Å². The minimum atomic E-state index is 0.314. The molecule has 0 aromatic heterocycles. The van der Waals surface area contributed by atoms with E-state index in [0.29, 0.717) is 5.41 Å². The van der Waals surface area contributed by atoms with Gasteiger partial charge in [-0.2, -0.15) is 0 Å². The Morgan fingerprint density at radius 3 is 1.86 bits per heavy atom. The van der Waals surface area contributed by atoms with Gasteiger partial charge in [-0.15, -0.1) is 0 Å². The molecular formula is C28H31N. The first kappa shape index (κ1) is 20.7. The Morgan fingerprint density at radius 1 is 0.793 bits per heavy atom. The van der Waals surface area contributed by atoms with Gasteiger partial charge in [-0.25, -0.2) is 0 Å². The summed E-state index contributed by atoms with van der Waals surface area (Å²) in [5.74, 6) is 0. The van der Waals surface area contributed by atoms with Crippen LogP contribution < -0.4 is 5.32 Å². The van der Waals surface area contributed by atoms with E-state index >= 15 is 0 Å². The molecule has 0 aliphatic heterocycles. The van der Waals surface area contributed by atoms with E-state index in [-0.39, 0.29) is 0 Å². The highest BCUT2D eigenvalue weighted by molar-refractivity contribution is 5.81. The predicted octanol–water partition coefficient (Wildman–Crippen LogP) is 7.68. The van der Waals surface area contributed by atoms with Crippen LogP contribution in [0, 0.1) is 5.41 Å². The van der Waals surface area contributed by atoms with Gasteiger partial charge in [-0.1, -0.05) is 112 Å². The van der Waals surface area contributed by atoms with Gasteiger partial charge in [0, 0.05) is 12.2 Å². The number of hydrogen-bond acceptors (Lipinski definition) is 1. The molecule has 3 aromatic carbocycles. The monoisotopic (exact) mass is 381 g/mol. The Labute approximate surface area is 175 Å². The van der Waals surface area contributed by atoms with Crippen molar-refractivity contribution in [3.63, 3.8) is 0 Å². The molecule has 0 spiro atoms. The minimum Gasteiger partial charge on any atom is -0.385 e. The number of hydrogen-bond donors (Lipinski definition) is 1. The smallest absolute Gasteiger partial charge is 0.0340 e. The molecule has 0 radical (unpaired) electrons. The van der Waals surface area contributed by atoms with E-state index in [2.05, 4.69) is 129 Å². The average Bonchev–Trinajstić information content (AvgIpc) is 2.77. The molecule has 1 N–H and O–H groups in total. The molecule has 3 aromatic rings. The van der Waals surface area contributed by atoms with Gasteiger partial charge in [0.05, 0.1) is 0 Å². The SMILES string of the molecule is CCC(C)(C)CNc1ccc(/C=C/C=C(c2ccccc2)c2ccccc2)cc1. The fourth-order valence-electron chi connectivity index (χ4n) is 3.03. The second-order valence-electron chi connectivity index (χ2n) is 8.16. The van der Waals surface area contributed by atoms with Gasteiger partial charge in [0.25, 0.3) is 0 Å². The van der Waals surface area contributed by atoms with Crippen LogP contribution in [0.2, 0.25) is 0 Å². The van der Waals surface area contributed by atoms with Crippen LogP contribution in [0.4, 0.5) is 5.69 Å². The fraction of sp³-hybridized carbons (Fsp3) is 0.214. The topological polar surface area (TPSA) is 12.0 Å². The van der Waals surface area contributed by atoms with Crippen molar-refractivity contribution < 1.29 is 0 Å². The summed E-state index contributed by atoms with van der Waals surface area (Å²) in [5, 5.41) is 3.54. The summed E-state index contributed by atoms with van der Waals surface area (Å²) in [4.78, 5) is 0. The van der Waals surface area contributed by atoms with E-state index in [1.54, 1.807) is 0 Å². The fourth-order valence-corrected chi connectivity index (χ4v) is 3.03. The first-order valence-electron chi connectivity index (χ1n) is 10.4. The normalized spacial score (nSPS) is 11.4. The second kappa shape index (κ2) is 9.93. The first-order chi connectivity index (χ1) is 14.1. The molecule has 0 unspecified atom stereocenters. The maximum absolute atomic E-state index is 3.54. The lowest BCUT2D eigenvalue weighted by molar-refractivity contribution is 0.377. The molecule has 0 amide bonds. The van der Waals surface area contributed by atoms with Gasteiger partial charge in [-0.05, 0) is 46.2 Å². The lowest BCUT2D eigenvalue weighted by atomic mass is 9.90. The van der Waals surface area contributed by atoms with Crippen molar-refractivity contribution in [2.45, 2.75) is 27.2 Å². The Morgan fingerprint density at radius 2 is 1.34 bits per heavy atom. The van der Waals surface area contributed by atoms with Crippen LogP contribution in [-0.4, -0.2) is 6.54 Å². The van der Waals surface area contributed by atoms with Crippen molar-refractivity contribution in [3.8, 4) is 0 Å². The Balaban J connectivity index is 1.74. The van der Waals surface area contributed by atoms with Crippen molar-refractivity contribution >= 4 is 17.3 Å². The van der Waals surface area contributed by atoms with Crippen LogP contribution in [-0.2, 0) is 0 Å². The van der Waals surface area contributed by atoms with Crippen molar-refractivity contribution in [1.29, 1.82) is 0 Å². The first-order valence-corrected chi connectivity index (χ1v) is 10.4. The van der Waals surface area contributed by atoms with Gasteiger partial charge in [0.1, 0.15) is 0 Å². The largest absolute Gasteiger partial charge is 0.385 e. The van der Waals surface area contributed by atoms with Crippen molar-refractivity contribution in [2.24, 2.45) is 5.41 Å². The van der Waals surface area contributed by atoms with Gasteiger partial charge in [-0.3, -0.25) is 0 Å². The zero-order valence-corrected chi connectivity index (χ0v) is 17.7. The standard InChI is InChI=1S/C28H31N/c1-4-28(2,3)22-29-26-20-18-23(19-21-26)12-11-17-27(24-13-7-5-8-14-24)25-15-9-6-10-16-25/h5-21,29H,4,22H2,1-3H3/b12-11+. The molecule has 1 nitrogen and oxygen atoms in total. The van der Waals surface area contributed by atoms with Gasteiger partial charge in [0.15, 0.2) is 0 Å². The van der Waals surface area contributed by atoms with Crippen LogP contribution in [0.1, 0.15) is 43.9 Å². The van der Waals surface area contributed by atoms with Crippen LogP contribution in [0.3, 0.4) is 0 Å². The summed E-state index contributed by atoms with van der Waals surface area (Å²) in [6.07, 6.45) is 7.66. The number of rotatable bonds is 8. The quantitative estimate of drug-likeness (QED) is 0.395. The van der Waals surface area contributed by atoms with Crippen LogP contribution in [0.15, 0.2) is 97.1 Å². The summed E-state index contributed by atoms with van der Waals surface area (Å²) in [7, 11) is 0. The van der Waals surface area contributed by atoms with Crippen LogP contribution in [0.25, 0.3) is 11.6 Å². The Bertz CT molecular complexity index is 891. The van der Waals surface area contributed by atoms with E-state index in [1.165, 1.54) is 28.0 Å². The number of nitrogens with one attached hydrogen (secondary N) is 1. The number of allylic oxidation sites excluding steroid dienone is 2. The predicted molar refractivity (Wildman–Crippen MR) is 128 cm³/mol. The van der Waals surface area contributed by atoms with E-state index in [1.807, 2.05) is 0 Å². The second-order valence-corrected chi connectivity index (χ2v) is 8.16. The summed E-state index contributed by atoms with van der Waals surface area (Å²) >= 11 is 0. The van der Waals surface area contributed by atoms with Crippen LogP contribution >= 0.6 is 0 Å². The van der Waals surface area contributed by atoms with Crippen LogP contribution in [0.5, 0.6) is 0 Å². The lowest BCUT2D eigenvalue weighted by Gasteiger charge is -2.23. The lowest BCUT2D eigenvalue weighted by Crippen LogP contribution is -2.21. The Hall–Kier alpha value is -3.06. The summed E-state index contributed by atoms with van der Waals surface area (Å²) in [6, 6.07) is 29.7. The molecule has 29 heavy (non-hydrogen) atoms. The van der Waals surface area contributed by atoms with E-state index in [9.17, 15) is 0 Å². The summed E-state index contributed by atoms with van der Waals surface area (Å²) in [6.45, 7) is 7.81. The van der Waals surface area contributed by atoms with Crippen molar-refractivity contribution in [2.75, 3.05) is 11.9 Å². The highest BCUT2D eigenvalue weighted by Gasteiger charge is 2.14. The Kier molecular flexibility index (Phi) is 7.08. The molecule has 0 heterocycles. The maximum Gasteiger partial charge on any atom is 0.0340 e. The number of anilines is 1. The molecule has 1 heteroatoms. The summed E-state index contributed by atoms with van der Waals surface area (Å²) < 4.78 is 0. The molecule has 0 aliphatic carbocycles. The zero-order chi connectivity index (χ0) is 20.5. The molecule has 0 bridgehead atoms. The number of benzene rings is 3. The third kappa shape index (κ3) is 6.22. The molecule has 0 fully saturated rings. The van der Waals surface area contributed by atoms with E-state index in [0.717, 1.165) is 13.0 Å². The molecule has 0 saturated heterocycles. The van der Waals surface area contributed by atoms with E-state index in [4.69, 9.17) is 0 Å². The minimum absolute atomic E-state index is 0.314. The third-order valence-electron chi connectivity index (χ3n) is 5.36. The van der Waals surface area contributed by atoms with Gasteiger partial charge in [0.2, 0.25) is 0 Å². The molecular weight excluding hydrogens is 350 g/mol. The van der Waals surface area contributed by atoms with E-state index < -0.39 is 0 Å². The zero-order valence-electron chi connectivity index (χ0n) is 17.7.